The Labute approximate surface area is 158 Å². The van der Waals surface area contributed by atoms with Crippen LogP contribution in [0.5, 0.6) is 11.5 Å². The van der Waals surface area contributed by atoms with Crippen LogP contribution in [0.3, 0.4) is 0 Å². The Balaban J connectivity index is 1.46. The maximum atomic E-state index is 12.5. The van der Waals surface area contributed by atoms with E-state index in [-0.39, 0.29) is 17.5 Å². The van der Waals surface area contributed by atoms with Crippen molar-refractivity contribution in [3.05, 3.63) is 23.8 Å². The maximum absolute atomic E-state index is 12.5. The van der Waals surface area contributed by atoms with E-state index in [1.54, 1.807) is 12.1 Å². The van der Waals surface area contributed by atoms with Crippen LogP contribution in [-0.2, 0) is 6.42 Å². The average Bonchev–Trinajstić information content (AvgIpc) is 3.33. The minimum Gasteiger partial charge on any atom is -0.493 e. The van der Waals surface area contributed by atoms with Gasteiger partial charge in [-0.2, -0.15) is 8.78 Å². The van der Waals surface area contributed by atoms with Crippen molar-refractivity contribution in [1.82, 2.24) is 15.1 Å². The summed E-state index contributed by atoms with van der Waals surface area (Å²) in [6, 6.07) is 5.32. The number of ether oxygens (including phenoxy) is 2. The summed E-state index contributed by atoms with van der Waals surface area (Å²) in [5.41, 5.74) is 0.795. The van der Waals surface area contributed by atoms with Crippen LogP contribution in [-0.4, -0.2) is 68.3 Å². The predicted octanol–water partition coefficient (Wildman–Crippen LogP) is 2.72. The summed E-state index contributed by atoms with van der Waals surface area (Å²) in [4.78, 5) is 16.7. The molecule has 8 heteroatoms. The zero-order valence-electron chi connectivity index (χ0n) is 15.6. The minimum atomic E-state index is -2.91. The van der Waals surface area contributed by atoms with Crippen molar-refractivity contribution in [3.8, 4) is 11.5 Å². The quantitative estimate of drug-likeness (QED) is 0.787. The number of halogens is 2. The van der Waals surface area contributed by atoms with Crippen LogP contribution in [0.25, 0.3) is 0 Å². The molecule has 1 unspecified atom stereocenters. The molecule has 27 heavy (non-hydrogen) atoms. The number of carbonyl (C=O) groups is 1. The summed E-state index contributed by atoms with van der Waals surface area (Å²) in [6.07, 6.45) is 4.06. The lowest BCUT2D eigenvalue weighted by Crippen LogP contribution is -2.42. The third-order valence-corrected chi connectivity index (χ3v) is 5.24. The standard InChI is InChI=1S/C19H27F2N3O3/c1-26-16-5-4-14(12-17(16)27-18(20)21)6-8-22-19(25)24-11-7-15(13-24)23-9-2-3-10-23/h4-5,12,15,18H,2-3,6-11,13H2,1H3,(H,22,25). The molecule has 3 rings (SSSR count). The van der Waals surface area contributed by atoms with Crippen LogP contribution in [0.2, 0.25) is 0 Å². The van der Waals surface area contributed by atoms with Crippen LogP contribution in [0.4, 0.5) is 13.6 Å². The third-order valence-electron chi connectivity index (χ3n) is 5.24. The van der Waals surface area contributed by atoms with E-state index in [1.807, 2.05) is 4.90 Å². The molecule has 2 amide bonds. The monoisotopic (exact) mass is 383 g/mol. The summed E-state index contributed by atoms with van der Waals surface area (Å²) >= 11 is 0. The van der Waals surface area contributed by atoms with Gasteiger partial charge >= 0.3 is 12.6 Å². The minimum absolute atomic E-state index is 0.00400. The van der Waals surface area contributed by atoms with Crippen LogP contribution in [0, 0.1) is 0 Å². The predicted molar refractivity (Wildman–Crippen MR) is 97.5 cm³/mol. The smallest absolute Gasteiger partial charge is 0.387 e. The number of rotatable bonds is 7. The molecule has 0 aliphatic carbocycles. The van der Waals surface area contributed by atoms with Gasteiger partial charge in [-0.05, 0) is 56.5 Å². The van der Waals surface area contributed by atoms with Gasteiger partial charge in [-0.1, -0.05) is 6.07 Å². The number of nitrogens with one attached hydrogen (secondary N) is 1. The summed E-state index contributed by atoms with van der Waals surface area (Å²) in [5.74, 6) is 0.262. The molecule has 150 valence electrons. The van der Waals surface area contributed by atoms with E-state index in [4.69, 9.17) is 4.74 Å². The highest BCUT2D eigenvalue weighted by atomic mass is 19.3. The number of alkyl halides is 2. The Hall–Kier alpha value is -2.09. The first kappa shape index (κ1) is 19.7. The van der Waals surface area contributed by atoms with E-state index in [9.17, 15) is 13.6 Å². The van der Waals surface area contributed by atoms with E-state index >= 15 is 0 Å². The second-order valence-electron chi connectivity index (χ2n) is 6.98. The molecule has 1 aromatic rings. The molecule has 1 N–H and O–H groups in total. The van der Waals surface area contributed by atoms with Gasteiger partial charge in [0.05, 0.1) is 7.11 Å². The average molecular weight is 383 g/mol. The molecule has 2 aliphatic rings. The fourth-order valence-corrected chi connectivity index (χ4v) is 3.82. The summed E-state index contributed by atoms with van der Waals surface area (Å²) in [5, 5.41) is 2.92. The normalized spacial score (nSPS) is 20.3. The fourth-order valence-electron chi connectivity index (χ4n) is 3.82. The van der Waals surface area contributed by atoms with Gasteiger partial charge in [0.1, 0.15) is 0 Å². The Bertz CT molecular complexity index is 639. The molecule has 0 aromatic heterocycles. The number of hydrogen-bond donors (Lipinski definition) is 1. The molecule has 2 fully saturated rings. The number of nitrogens with zero attached hydrogens (tertiary/aromatic N) is 2. The molecule has 0 saturated carbocycles. The molecule has 0 radical (unpaired) electrons. The number of amides is 2. The molecule has 1 atom stereocenters. The number of hydrogen-bond acceptors (Lipinski definition) is 4. The van der Waals surface area contributed by atoms with Gasteiger partial charge in [0, 0.05) is 25.7 Å². The van der Waals surface area contributed by atoms with Crippen LogP contribution < -0.4 is 14.8 Å². The van der Waals surface area contributed by atoms with E-state index in [0.717, 1.165) is 38.2 Å². The van der Waals surface area contributed by atoms with E-state index in [0.29, 0.717) is 19.0 Å². The summed E-state index contributed by atoms with van der Waals surface area (Å²) < 4.78 is 34.5. The lowest BCUT2D eigenvalue weighted by molar-refractivity contribution is -0.0512. The van der Waals surface area contributed by atoms with E-state index < -0.39 is 6.61 Å². The van der Waals surface area contributed by atoms with Crippen molar-refractivity contribution >= 4 is 6.03 Å². The fraction of sp³-hybridized carbons (Fsp3) is 0.632. The van der Waals surface area contributed by atoms with Gasteiger partial charge in [0.25, 0.3) is 0 Å². The Morgan fingerprint density at radius 3 is 2.74 bits per heavy atom. The van der Waals surface area contributed by atoms with Gasteiger partial charge in [-0.3, -0.25) is 4.90 Å². The van der Waals surface area contributed by atoms with Gasteiger partial charge in [-0.25, -0.2) is 4.79 Å². The van der Waals surface area contributed by atoms with Crippen molar-refractivity contribution in [2.75, 3.05) is 39.8 Å². The Kier molecular flexibility index (Phi) is 6.71. The molecular weight excluding hydrogens is 356 g/mol. The highest BCUT2D eigenvalue weighted by Crippen LogP contribution is 2.29. The second kappa shape index (κ2) is 9.21. The van der Waals surface area contributed by atoms with Crippen molar-refractivity contribution < 1.29 is 23.0 Å². The molecular formula is C19H27F2N3O3. The number of carbonyl (C=O) groups excluding carboxylic acids is 1. The molecule has 6 nitrogen and oxygen atoms in total. The van der Waals surface area contributed by atoms with Gasteiger partial charge in [0.2, 0.25) is 0 Å². The lowest BCUT2D eigenvalue weighted by atomic mass is 10.1. The SMILES string of the molecule is COc1ccc(CCNC(=O)N2CCC(N3CCCC3)C2)cc1OC(F)F. The Morgan fingerprint density at radius 1 is 1.26 bits per heavy atom. The molecule has 0 spiro atoms. The van der Waals surface area contributed by atoms with E-state index in [2.05, 4.69) is 15.0 Å². The van der Waals surface area contributed by atoms with Gasteiger partial charge in [-0.15, -0.1) is 0 Å². The van der Waals surface area contributed by atoms with Crippen molar-refractivity contribution in [2.45, 2.75) is 38.3 Å². The van der Waals surface area contributed by atoms with Crippen molar-refractivity contribution in [3.63, 3.8) is 0 Å². The van der Waals surface area contributed by atoms with Gasteiger partial charge in [0.15, 0.2) is 11.5 Å². The first-order valence-corrected chi connectivity index (χ1v) is 9.45. The summed E-state index contributed by atoms with van der Waals surface area (Å²) in [6.45, 7) is 1.36. The number of urea groups is 1. The number of likely N-dealkylation sites (tertiary alicyclic amines) is 2. The molecule has 1 aromatic carbocycles. The van der Waals surface area contributed by atoms with Crippen LogP contribution in [0.15, 0.2) is 18.2 Å². The lowest BCUT2D eigenvalue weighted by Gasteiger charge is -2.23. The number of methoxy groups -OCH3 is 1. The molecule has 2 heterocycles. The maximum Gasteiger partial charge on any atom is 0.387 e. The molecule has 0 bridgehead atoms. The zero-order valence-corrected chi connectivity index (χ0v) is 15.6. The van der Waals surface area contributed by atoms with Crippen molar-refractivity contribution in [2.24, 2.45) is 0 Å². The van der Waals surface area contributed by atoms with Crippen molar-refractivity contribution in [1.29, 1.82) is 0 Å². The molecule has 2 aliphatic heterocycles. The highest BCUT2D eigenvalue weighted by Gasteiger charge is 2.31. The topological polar surface area (TPSA) is 54.0 Å². The first-order valence-electron chi connectivity index (χ1n) is 9.45. The van der Waals surface area contributed by atoms with E-state index in [1.165, 1.54) is 26.0 Å². The largest absolute Gasteiger partial charge is 0.493 e. The molecule has 2 saturated heterocycles. The zero-order chi connectivity index (χ0) is 19.2. The number of benzene rings is 1. The van der Waals surface area contributed by atoms with Gasteiger partial charge < -0.3 is 19.7 Å². The first-order chi connectivity index (χ1) is 13.1. The van der Waals surface area contributed by atoms with Crippen LogP contribution in [0.1, 0.15) is 24.8 Å². The summed E-state index contributed by atoms with van der Waals surface area (Å²) in [7, 11) is 1.40. The third kappa shape index (κ3) is 5.22. The van der Waals surface area contributed by atoms with Crippen LogP contribution >= 0.6 is 0 Å². The Morgan fingerprint density at radius 2 is 2.04 bits per heavy atom. The second-order valence-corrected chi connectivity index (χ2v) is 6.98. The highest BCUT2D eigenvalue weighted by molar-refractivity contribution is 5.74.